The molecule has 0 aromatic heterocycles. The molecular formula is C13H18O3. The highest BCUT2D eigenvalue weighted by Crippen LogP contribution is 2.65. The molecule has 0 aliphatic heterocycles. The summed E-state index contributed by atoms with van der Waals surface area (Å²) in [4.78, 5) is 0. The lowest BCUT2D eigenvalue weighted by molar-refractivity contribution is 0.228. The predicted molar refractivity (Wildman–Crippen MR) is 61.8 cm³/mol. The molecule has 1 aromatic rings. The van der Waals surface area contributed by atoms with Crippen molar-refractivity contribution in [3.8, 4) is 11.5 Å². The molecule has 3 heteroatoms. The number of hydrogen-bond acceptors (Lipinski definition) is 3. The molecule has 1 aliphatic rings. The second kappa shape index (κ2) is 3.39. The molecule has 88 valence electrons. The van der Waals surface area contributed by atoms with E-state index < -0.39 is 0 Å². The normalized spacial score (nSPS) is 26.5. The molecule has 0 spiro atoms. The molecule has 0 saturated heterocycles. The van der Waals surface area contributed by atoms with Crippen LogP contribution in [0.1, 0.15) is 25.8 Å². The summed E-state index contributed by atoms with van der Waals surface area (Å²) in [6, 6.07) is 5.27. The van der Waals surface area contributed by atoms with Gasteiger partial charge in [-0.1, -0.05) is 19.9 Å². The minimum absolute atomic E-state index is 0.0494. The van der Waals surface area contributed by atoms with Gasteiger partial charge in [0.05, 0.1) is 13.7 Å². The van der Waals surface area contributed by atoms with Gasteiger partial charge in [-0.25, -0.2) is 0 Å². The van der Waals surface area contributed by atoms with Crippen LogP contribution in [0.25, 0.3) is 0 Å². The van der Waals surface area contributed by atoms with E-state index in [2.05, 4.69) is 13.8 Å². The highest BCUT2D eigenvalue weighted by atomic mass is 16.5. The van der Waals surface area contributed by atoms with Crippen LogP contribution in [0, 0.1) is 5.41 Å². The first-order chi connectivity index (χ1) is 7.47. The van der Waals surface area contributed by atoms with Crippen molar-refractivity contribution in [1.82, 2.24) is 0 Å². The maximum absolute atomic E-state index is 9.97. The lowest BCUT2D eigenvalue weighted by atomic mass is 9.88. The molecule has 1 atom stereocenters. The van der Waals surface area contributed by atoms with Crippen LogP contribution in [0.3, 0.4) is 0 Å². The minimum atomic E-state index is -0.288. The SMILES string of the molecule is COc1ccc(C2(CO)CC2(C)C)c(O)c1. The average molecular weight is 222 g/mol. The van der Waals surface area contributed by atoms with Crippen LogP contribution in [-0.4, -0.2) is 23.9 Å². The van der Waals surface area contributed by atoms with Crippen molar-refractivity contribution in [3.05, 3.63) is 23.8 Å². The average Bonchev–Trinajstić information content (AvgIpc) is 2.81. The Balaban J connectivity index is 2.42. The highest BCUT2D eigenvalue weighted by molar-refractivity contribution is 5.49. The molecule has 1 aromatic carbocycles. The van der Waals surface area contributed by atoms with Gasteiger partial charge in [0, 0.05) is 17.0 Å². The van der Waals surface area contributed by atoms with Crippen molar-refractivity contribution in [2.45, 2.75) is 25.7 Å². The molecule has 0 heterocycles. The Morgan fingerprint density at radius 3 is 2.38 bits per heavy atom. The van der Waals surface area contributed by atoms with Crippen LogP contribution >= 0.6 is 0 Å². The maximum atomic E-state index is 9.97. The first-order valence-electron chi connectivity index (χ1n) is 5.45. The zero-order chi connectivity index (χ0) is 12.0. The molecule has 1 fully saturated rings. The van der Waals surface area contributed by atoms with E-state index in [-0.39, 0.29) is 23.2 Å². The summed E-state index contributed by atoms with van der Waals surface area (Å²) in [6.07, 6.45) is 0.899. The number of aliphatic hydroxyl groups is 1. The van der Waals surface area contributed by atoms with Crippen molar-refractivity contribution in [2.75, 3.05) is 13.7 Å². The van der Waals surface area contributed by atoms with Crippen molar-refractivity contribution in [2.24, 2.45) is 5.41 Å². The third kappa shape index (κ3) is 1.39. The first-order valence-corrected chi connectivity index (χ1v) is 5.45. The second-order valence-electron chi connectivity index (χ2n) is 5.18. The number of methoxy groups -OCH3 is 1. The van der Waals surface area contributed by atoms with E-state index in [1.165, 1.54) is 0 Å². The van der Waals surface area contributed by atoms with Gasteiger partial charge in [-0.3, -0.25) is 0 Å². The first kappa shape index (κ1) is 11.3. The summed E-state index contributed by atoms with van der Waals surface area (Å²) in [5.41, 5.74) is 0.581. The lowest BCUT2D eigenvalue weighted by Gasteiger charge is -2.20. The number of aromatic hydroxyl groups is 1. The van der Waals surface area contributed by atoms with Crippen LogP contribution < -0.4 is 4.74 Å². The fraction of sp³-hybridized carbons (Fsp3) is 0.538. The number of rotatable bonds is 3. The maximum Gasteiger partial charge on any atom is 0.123 e. The number of benzene rings is 1. The van der Waals surface area contributed by atoms with E-state index in [0.717, 1.165) is 12.0 Å². The van der Waals surface area contributed by atoms with Crippen molar-refractivity contribution < 1.29 is 14.9 Å². The van der Waals surface area contributed by atoms with Crippen molar-refractivity contribution in [1.29, 1.82) is 0 Å². The van der Waals surface area contributed by atoms with Crippen LogP contribution in [0.15, 0.2) is 18.2 Å². The summed E-state index contributed by atoms with van der Waals surface area (Å²) in [7, 11) is 1.57. The third-order valence-corrected chi connectivity index (χ3v) is 3.90. The van der Waals surface area contributed by atoms with Crippen molar-refractivity contribution in [3.63, 3.8) is 0 Å². The number of aliphatic hydroxyl groups excluding tert-OH is 1. The largest absolute Gasteiger partial charge is 0.508 e. The summed E-state index contributed by atoms with van der Waals surface area (Å²) in [6.45, 7) is 4.28. The Hall–Kier alpha value is -1.22. The number of hydrogen-bond donors (Lipinski definition) is 2. The van der Waals surface area contributed by atoms with E-state index in [1.54, 1.807) is 13.2 Å². The van der Waals surface area contributed by atoms with Crippen LogP contribution in [-0.2, 0) is 5.41 Å². The highest BCUT2D eigenvalue weighted by Gasteiger charge is 2.62. The molecule has 2 rings (SSSR count). The lowest BCUT2D eigenvalue weighted by Crippen LogP contribution is -2.19. The molecule has 0 radical (unpaired) electrons. The third-order valence-electron chi connectivity index (χ3n) is 3.90. The quantitative estimate of drug-likeness (QED) is 0.823. The molecule has 3 nitrogen and oxygen atoms in total. The Bertz CT molecular complexity index is 412. The second-order valence-corrected chi connectivity index (χ2v) is 5.18. The molecule has 2 N–H and O–H groups in total. The van der Waals surface area contributed by atoms with Gasteiger partial charge in [0.2, 0.25) is 0 Å². The Labute approximate surface area is 95.7 Å². The van der Waals surface area contributed by atoms with Gasteiger partial charge < -0.3 is 14.9 Å². The van der Waals surface area contributed by atoms with Gasteiger partial charge in [0.1, 0.15) is 11.5 Å². The summed E-state index contributed by atoms with van der Waals surface area (Å²) in [5.74, 6) is 0.840. The zero-order valence-electron chi connectivity index (χ0n) is 9.95. The molecule has 1 unspecified atom stereocenters. The van der Waals surface area contributed by atoms with Crippen LogP contribution in [0.4, 0.5) is 0 Å². The zero-order valence-corrected chi connectivity index (χ0v) is 9.95. The van der Waals surface area contributed by atoms with E-state index in [0.29, 0.717) is 5.75 Å². The van der Waals surface area contributed by atoms with Gasteiger partial charge in [0.25, 0.3) is 0 Å². The topological polar surface area (TPSA) is 49.7 Å². The summed E-state index contributed by atoms with van der Waals surface area (Å²) in [5, 5.41) is 19.5. The van der Waals surface area contributed by atoms with Gasteiger partial charge in [-0.2, -0.15) is 0 Å². The molecule has 1 saturated carbocycles. The fourth-order valence-corrected chi connectivity index (χ4v) is 2.57. The summed E-state index contributed by atoms with van der Waals surface area (Å²) < 4.78 is 5.05. The van der Waals surface area contributed by atoms with E-state index >= 15 is 0 Å². The molecule has 1 aliphatic carbocycles. The van der Waals surface area contributed by atoms with Gasteiger partial charge >= 0.3 is 0 Å². The number of phenolic OH excluding ortho intramolecular Hbond substituents is 1. The van der Waals surface area contributed by atoms with Gasteiger partial charge in [0.15, 0.2) is 0 Å². The Kier molecular flexibility index (Phi) is 2.39. The van der Waals surface area contributed by atoms with Gasteiger partial charge in [-0.15, -0.1) is 0 Å². The standard InChI is InChI=1S/C13H18O3/c1-12(2)7-13(12,8-14)10-5-4-9(16-3)6-11(10)15/h4-6,14-15H,7-8H2,1-3H3. The van der Waals surface area contributed by atoms with Gasteiger partial charge in [-0.05, 0) is 17.9 Å². The molecular weight excluding hydrogens is 204 g/mol. The van der Waals surface area contributed by atoms with E-state index in [1.807, 2.05) is 12.1 Å². The van der Waals surface area contributed by atoms with Crippen molar-refractivity contribution >= 4 is 0 Å². The summed E-state index contributed by atoms with van der Waals surface area (Å²) >= 11 is 0. The molecule has 0 bridgehead atoms. The fourth-order valence-electron chi connectivity index (χ4n) is 2.57. The minimum Gasteiger partial charge on any atom is -0.508 e. The Morgan fingerprint density at radius 1 is 1.38 bits per heavy atom. The monoisotopic (exact) mass is 222 g/mol. The Morgan fingerprint density at radius 2 is 2.00 bits per heavy atom. The predicted octanol–water partition coefficient (Wildman–Crippen LogP) is 2.06. The number of ether oxygens (including phenoxy) is 1. The molecule has 0 amide bonds. The van der Waals surface area contributed by atoms with E-state index in [4.69, 9.17) is 4.74 Å². The molecule has 16 heavy (non-hydrogen) atoms. The van der Waals surface area contributed by atoms with Crippen LogP contribution in [0.5, 0.6) is 11.5 Å². The van der Waals surface area contributed by atoms with E-state index in [9.17, 15) is 10.2 Å². The number of phenols is 1. The van der Waals surface area contributed by atoms with Crippen LogP contribution in [0.2, 0.25) is 0 Å². The smallest absolute Gasteiger partial charge is 0.123 e.